The third kappa shape index (κ3) is 3.33. The molecule has 0 aliphatic heterocycles. The number of aromatic nitrogens is 4. The van der Waals surface area contributed by atoms with Gasteiger partial charge in [-0.1, -0.05) is 50.6 Å². The number of fused-ring (bicyclic) bond motifs is 3. The van der Waals surface area contributed by atoms with Gasteiger partial charge in [0.05, 0.1) is 16.2 Å². The molecule has 0 fully saturated rings. The Labute approximate surface area is 155 Å². The van der Waals surface area contributed by atoms with Crippen LogP contribution in [0.1, 0.15) is 39.5 Å². The molecular formula is C18H23N5O2S. The average Bonchev–Trinajstić information content (AvgIpc) is 3.06. The van der Waals surface area contributed by atoms with E-state index in [-0.39, 0.29) is 16.7 Å². The van der Waals surface area contributed by atoms with Gasteiger partial charge in [0.2, 0.25) is 11.7 Å². The minimum absolute atomic E-state index is 0.0601. The van der Waals surface area contributed by atoms with Gasteiger partial charge in [0, 0.05) is 6.54 Å². The Hall–Kier alpha value is -2.35. The van der Waals surface area contributed by atoms with Gasteiger partial charge in [-0.15, -0.1) is 10.2 Å². The Balaban J connectivity index is 2.20. The van der Waals surface area contributed by atoms with Gasteiger partial charge in [0.25, 0.3) is 5.56 Å². The quantitative estimate of drug-likeness (QED) is 0.484. The lowest BCUT2D eigenvalue weighted by Gasteiger charge is -2.12. The van der Waals surface area contributed by atoms with Crippen molar-refractivity contribution in [2.75, 3.05) is 0 Å². The summed E-state index contributed by atoms with van der Waals surface area (Å²) in [5, 5.41) is 9.32. The maximum absolute atomic E-state index is 12.9. The van der Waals surface area contributed by atoms with Gasteiger partial charge in [0.1, 0.15) is 0 Å². The Morgan fingerprint density at radius 3 is 2.69 bits per heavy atom. The summed E-state index contributed by atoms with van der Waals surface area (Å²) in [5.41, 5.74) is 6.16. The van der Waals surface area contributed by atoms with E-state index in [9.17, 15) is 9.59 Å². The van der Waals surface area contributed by atoms with Gasteiger partial charge in [-0.05, 0) is 25.0 Å². The fourth-order valence-corrected chi connectivity index (χ4v) is 3.91. The molecule has 0 spiro atoms. The summed E-state index contributed by atoms with van der Waals surface area (Å²) in [7, 11) is 0. The SMILES string of the molecule is CCCCCn1c(=O)c2ccccc2n2c(SC(CC)C(N)=O)nnc12. The largest absolute Gasteiger partial charge is 0.369 e. The van der Waals surface area contributed by atoms with Gasteiger partial charge < -0.3 is 5.73 Å². The zero-order valence-corrected chi connectivity index (χ0v) is 15.8. The summed E-state index contributed by atoms with van der Waals surface area (Å²) >= 11 is 1.29. The number of para-hydroxylation sites is 1. The molecular weight excluding hydrogens is 350 g/mol. The number of hydrogen-bond acceptors (Lipinski definition) is 5. The summed E-state index contributed by atoms with van der Waals surface area (Å²) < 4.78 is 3.54. The smallest absolute Gasteiger partial charge is 0.262 e. The summed E-state index contributed by atoms with van der Waals surface area (Å²) in [6, 6.07) is 7.41. The molecule has 2 aromatic heterocycles. The summed E-state index contributed by atoms with van der Waals surface area (Å²) in [6.07, 6.45) is 3.62. The van der Waals surface area contributed by atoms with Crippen LogP contribution in [0.5, 0.6) is 0 Å². The van der Waals surface area contributed by atoms with Crippen molar-refractivity contribution in [3.8, 4) is 0 Å². The van der Waals surface area contributed by atoms with Crippen molar-refractivity contribution in [3.63, 3.8) is 0 Å². The van der Waals surface area contributed by atoms with Gasteiger partial charge >= 0.3 is 0 Å². The Morgan fingerprint density at radius 1 is 1.23 bits per heavy atom. The second kappa shape index (κ2) is 7.90. The van der Waals surface area contributed by atoms with Gasteiger partial charge in [-0.3, -0.25) is 18.6 Å². The monoisotopic (exact) mass is 373 g/mol. The first kappa shape index (κ1) is 18.4. The number of carbonyl (C=O) groups is 1. The van der Waals surface area contributed by atoms with E-state index in [4.69, 9.17) is 5.73 Å². The Morgan fingerprint density at radius 2 is 2.00 bits per heavy atom. The molecule has 1 atom stereocenters. The summed E-state index contributed by atoms with van der Waals surface area (Å²) in [6.45, 7) is 4.63. The maximum Gasteiger partial charge on any atom is 0.262 e. The molecule has 1 aromatic carbocycles. The van der Waals surface area contributed by atoms with Crippen molar-refractivity contribution in [2.24, 2.45) is 5.73 Å². The number of primary amides is 1. The van der Waals surface area contributed by atoms with Gasteiger partial charge in [0.15, 0.2) is 5.16 Å². The number of nitrogens with zero attached hydrogens (tertiary/aromatic N) is 4. The molecule has 1 amide bonds. The third-order valence-electron chi connectivity index (χ3n) is 4.40. The van der Waals surface area contributed by atoms with E-state index in [1.807, 2.05) is 35.6 Å². The Kier molecular flexibility index (Phi) is 5.61. The van der Waals surface area contributed by atoms with E-state index in [0.717, 1.165) is 24.8 Å². The molecule has 0 aliphatic carbocycles. The molecule has 7 nitrogen and oxygen atoms in total. The third-order valence-corrected chi connectivity index (χ3v) is 5.72. The first-order valence-corrected chi connectivity index (χ1v) is 9.79. The van der Waals surface area contributed by atoms with Gasteiger partial charge in [-0.25, -0.2) is 0 Å². The van der Waals surface area contributed by atoms with Crippen LogP contribution in [0.3, 0.4) is 0 Å². The van der Waals surface area contributed by atoms with E-state index < -0.39 is 0 Å². The molecule has 0 aliphatic rings. The summed E-state index contributed by atoms with van der Waals surface area (Å²) in [4.78, 5) is 24.6. The standard InChI is InChI=1S/C18H23N5O2S/c1-3-5-8-11-22-16(25)12-9-6-7-10-13(12)23-17(22)20-21-18(23)26-14(4-2)15(19)24/h6-7,9-10,14H,3-5,8,11H2,1-2H3,(H2,19,24). The second-order valence-corrected chi connectivity index (χ2v) is 7.39. The highest BCUT2D eigenvalue weighted by molar-refractivity contribution is 8.00. The highest BCUT2D eigenvalue weighted by Gasteiger charge is 2.21. The molecule has 2 heterocycles. The second-order valence-electron chi connectivity index (χ2n) is 6.22. The number of nitrogens with two attached hydrogens (primary N) is 1. The van der Waals surface area contributed by atoms with Crippen LogP contribution in [-0.2, 0) is 11.3 Å². The number of unbranched alkanes of at least 4 members (excludes halogenated alkanes) is 2. The molecule has 0 radical (unpaired) electrons. The van der Waals surface area contributed by atoms with Crippen LogP contribution in [0.2, 0.25) is 0 Å². The van der Waals surface area contributed by atoms with Crippen molar-refractivity contribution in [3.05, 3.63) is 34.6 Å². The Bertz CT molecular complexity index is 994. The number of benzene rings is 1. The molecule has 8 heteroatoms. The van der Waals surface area contributed by atoms with Crippen molar-refractivity contribution < 1.29 is 4.79 Å². The van der Waals surface area contributed by atoms with Crippen molar-refractivity contribution in [2.45, 2.75) is 56.5 Å². The number of hydrogen-bond donors (Lipinski definition) is 1. The predicted octanol–water partition coefficient (Wildman–Crippen LogP) is 2.59. The molecule has 1 unspecified atom stereocenters. The molecule has 2 N–H and O–H groups in total. The highest BCUT2D eigenvalue weighted by Crippen LogP contribution is 2.26. The fourth-order valence-electron chi connectivity index (χ4n) is 3.00. The number of aryl methyl sites for hydroxylation is 1. The number of rotatable bonds is 8. The number of amides is 1. The molecule has 26 heavy (non-hydrogen) atoms. The molecule has 0 saturated heterocycles. The first-order valence-electron chi connectivity index (χ1n) is 8.91. The first-order chi connectivity index (χ1) is 12.6. The van der Waals surface area contributed by atoms with Crippen molar-refractivity contribution in [1.82, 2.24) is 19.2 Å². The van der Waals surface area contributed by atoms with Crippen molar-refractivity contribution >= 4 is 34.3 Å². The lowest BCUT2D eigenvalue weighted by atomic mass is 10.2. The topological polar surface area (TPSA) is 95.3 Å². The maximum atomic E-state index is 12.9. The normalized spacial score (nSPS) is 12.7. The predicted molar refractivity (Wildman–Crippen MR) is 103 cm³/mol. The lowest BCUT2D eigenvalue weighted by molar-refractivity contribution is -0.117. The summed E-state index contributed by atoms with van der Waals surface area (Å²) in [5.74, 6) is 0.126. The van der Waals surface area contributed by atoms with Crippen LogP contribution in [0.25, 0.3) is 16.7 Å². The van der Waals surface area contributed by atoms with E-state index in [1.54, 1.807) is 4.57 Å². The van der Waals surface area contributed by atoms with Crippen LogP contribution < -0.4 is 11.3 Å². The van der Waals surface area contributed by atoms with E-state index >= 15 is 0 Å². The van der Waals surface area contributed by atoms with Crippen LogP contribution in [-0.4, -0.2) is 30.3 Å². The molecule has 0 bridgehead atoms. The number of thioether (sulfide) groups is 1. The molecule has 3 aromatic rings. The highest BCUT2D eigenvalue weighted by atomic mass is 32.2. The minimum atomic E-state index is -0.387. The molecule has 3 rings (SSSR count). The zero-order chi connectivity index (χ0) is 18.7. The lowest BCUT2D eigenvalue weighted by Crippen LogP contribution is -2.25. The van der Waals surface area contributed by atoms with Crippen LogP contribution >= 0.6 is 11.8 Å². The number of carbonyl (C=O) groups excluding carboxylic acids is 1. The van der Waals surface area contributed by atoms with Crippen LogP contribution in [0.4, 0.5) is 0 Å². The van der Waals surface area contributed by atoms with E-state index in [2.05, 4.69) is 17.1 Å². The van der Waals surface area contributed by atoms with E-state index in [1.165, 1.54) is 11.8 Å². The molecule has 138 valence electrons. The van der Waals surface area contributed by atoms with E-state index in [0.29, 0.717) is 29.3 Å². The van der Waals surface area contributed by atoms with Crippen molar-refractivity contribution in [1.29, 1.82) is 0 Å². The molecule has 0 saturated carbocycles. The average molecular weight is 373 g/mol. The zero-order valence-electron chi connectivity index (χ0n) is 15.0. The van der Waals surface area contributed by atoms with Crippen LogP contribution in [0, 0.1) is 0 Å². The minimum Gasteiger partial charge on any atom is -0.369 e. The van der Waals surface area contributed by atoms with Crippen LogP contribution in [0.15, 0.2) is 34.2 Å². The fraction of sp³-hybridized carbons (Fsp3) is 0.444. The van der Waals surface area contributed by atoms with Gasteiger partial charge in [-0.2, -0.15) is 0 Å².